The first kappa shape index (κ1) is 41.1. The summed E-state index contributed by atoms with van der Waals surface area (Å²) in [5, 5.41) is 46.8. The predicted octanol–water partition coefficient (Wildman–Crippen LogP) is 3.35. The van der Waals surface area contributed by atoms with Gasteiger partial charge in [0.15, 0.2) is 17.0 Å². The van der Waals surface area contributed by atoms with Gasteiger partial charge in [0.25, 0.3) is 0 Å². The molecule has 1 aromatic heterocycles. The van der Waals surface area contributed by atoms with Gasteiger partial charge in [-0.2, -0.15) is 9.90 Å². The largest absolute Gasteiger partial charge is 0.508 e. The first-order valence-corrected chi connectivity index (χ1v) is 20.2. The molecule has 3 aliphatic heterocycles. The molecule has 60 heavy (non-hydrogen) atoms. The van der Waals surface area contributed by atoms with Crippen molar-refractivity contribution in [2.75, 3.05) is 19.7 Å². The Bertz CT molecular complexity index is 2400. The predicted molar refractivity (Wildman–Crippen MR) is 218 cm³/mol. The van der Waals surface area contributed by atoms with Crippen molar-refractivity contribution in [3.63, 3.8) is 0 Å². The third-order valence-corrected chi connectivity index (χ3v) is 11.4. The molecule has 8 rings (SSSR count). The molecule has 6 N–H and O–H groups in total. The van der Waals surface area contributed by atoms with Gasteiger partial charge < -0.3 is 44.4 Å². The maximum Gasteiger partial charge on any atom is 0.321 e. The van der Waals surface area contributed by atoms with Crippen LogP contribution in [0.1, 0.15) is 48.8 Å². The van der Waals surface area contributed by atoms with Gasteiger partial charge in [-0.05, 0) is 74.7 Å². The number of aliphatic carboxylic acids is 1. The summed E-state index contributed by atoms with van der Waals surface area (Å²) in [5.74, 6) is -3.66. The van der Waals surface area contributed by atoms with Crippen LogP contribution in [-0.2, 0) is 23.9 Å². The normalized spacial score (nSPS) is 24.6. The van der Waals surface area contributed by atoms with Gasteiger partial charge in [0.2, 0.25) is 12.4 Å². The summed E-state index contributed by atoms with van der Waals surface area (Å²) < 4.78 is 23.9. The highest BCUT2D eigenvalue weighted by atomic mass is 16.8. The number of hydrogen-bond donors (Lipinski definition) is 6. The third kappa shape index (κ3) is 8.64. The molecule has 3 aromatic carbocycles. The van der Waals surface area contributed by atoms with Gasteiger partial charge in [0, 0.05) is 36.0 Å². The van der Waals surface area contributed by atoms with E-state index in [1.54, 1.807) is 18.3 Å². The molecule has 2 fully saturated rings. The average Bonchev–Trinajstić information content (AvgIpc) is 3.82. The molecule has 4 aromatic rings. The number of aromatic hydroxyl groups is 1. The molecule has 0 bridgehead atoms. The number of carbonyl (C=O) groups is 2. The van der Waals surface area contributed by atoms with Crippen LogP contribution in [0, 0.1) is 19.8 Å². The number of aliphatic hydroxyl groups excluding tert-OH is 2. The zero-order valence-corrected chi connectivity index (χ0v) is 33.2. The lowest BCUT2D eigenvalue weighted by Crippen LogP contribution is -3.08. The number of nitrogens with zero attached hydrogens (tertiary/aromatic N) is 1. The summed E-state index contributed by atoms with van der Waals surface area (Å²) in [6.45, 7) is 3.59. The topological polar surface area (TPSA) is 211 Å². The van der Waals surface area contributed by atoms with E-state index in [1.807, 2.05) is 32.1 Å². The van der Waals surface area contributed by atoms with Crippen molar-refractivity contribution >= 4 is 34.8 Å². The Morgan fingerprint density at radius 3 is 2.45 bits per heavy atom. The number of nitrogens with one attached hydrogen (secondary N) is 2. The molecule has 0 amide bonds. The zero-order chi connectivity index (χ0) is 42.1. The van der Waals surface area contributed by atoms with E-state index in [0.29, 0.717) is 17.2 Å². The second-order valence-corrected chi connectivity index (χ2v) is 15.8. The van der Waals surface area contributed by atoms with E-state index in [1.165, 1.54) is 36.6 Å². The van der Waals surface area contributed by atoms with Gasteiger partial charge in [-0.1, -0.05) is 48.6 Å². The van der Waals surface area contributed by atoms with Crippen LogP contribution in [0.4, 0.5) is 0 Å². The number of hydrogen-bond acceptors (Lipinski definition) is 13. The summed E-state index contributed by atoms with van der Waals surface area (Å²) in [7, 11) is 0. The Morgan fingerprint density at radius 2 is 1.72 bits per heavy atom. The molecule has 7 unspecified atom stereocenters. The van der Waals surface area contributed by atoms with E-state index in [4.69, 9.17) is 23.5 Å². The number of aryl methyl sites for hydroxylation is 2. The van der Waals surface area contributed by atoms with Crippen LogP contribution >= 0.6 is 0 Å². The molecule has 15 nitrogen and oxygen atoms in total. The van der Waals surface area contributed by atoms with E-state index in [-0.39, 0.29) is 46.0 Å². The first-order chi connectivity index (χ1) is 28.9. The second-order valence-electron chi connectivity index (χ2n) is 15.8. The number of rotatable bonds is 13. The number of ether oxygens (including phenoxy) is 3. The van der Waals surface area contributed by atoms with Gasteiger partial charge in [0.1, 0.15) is 60.5 Å². The van der Waals surface area contributed by atoms with Gasteiger partial charge in [-0.3, -0.25) is 14.4 Å². The number of phenolic OH excluding ortho intramolecular Hbond substituents is 1. The zero-order valence-electron chi connectivity index (χ0n) is 33.2. The Morgan fingerprint density at radius 1 is 0.967 bits per heavy atom. The molecule has 4 aliphatic rings. The first-order valence-electron chi connectivity index (χ1n) is 20.2. The molecule has 0 spiro atoms. The molecule has 1 saturated heterocycles. The summed E-state index contributed by atoms with van der Waals surface area (Å²) in [6, 6.07) is 16.9. The van der Waals surface area contributed by atoms with Crippen LogP contribution in [0.15, 0.2) is 98.5 Å². The SMILES string of the molecule is Cc1cc(C)cc(C2=C3N=CC=C3C[NH+]2OC2C(Oc3ccc4c(=O)c(-c5ccc(O)cc5)coc4c3)OC(COC(=O)C(CNC3CCCCC3)C(=O)O)C(O)C2O)c1. The maximum absolute atomic E-state index is 13.5. The van der Waals surface area contributed by atoms with Crippen molar-refractivity contribution in [1.82, 2.24) is 5.32 Å². The van der Waals surface area contributed by atoms with Crippen molar-refractivity contribution in [2.24, 2.45) is 10.9 Å². The number of esters is 1. The fourth-order valence-electron chi connectivity index (χ4n) is 8.35. The van der Waals surface area contributed by atoms with Gasteiger partial charge in [-0.25, -0.2) is 4.99 Å². The molecule has 0 radical (unpaired) electrons. The maximum atomic E-state index is 13.5. The van der Waals surface area contributed by atoms with E-state index < -0.39 is 55.2 Å². The summed E-state index contributed by atoms with van der Waals surface area (Å²) in [5.41, 5.74) is 5.99. The van der Waals surface area contributed by atoms with E-state index in [2.05, 4.69) is 16.4 Å². The molecule has 4 heterocycles. The number of benzene rings is 3. The van der Waals surface area contributed by atoms with E-state index in [9.17, 15) is 34.8 Å². The highest BCUT2D eigenvalue weighted by Gasteiger charge is 2.51. The van der Waals surface area contributed by atoms with Crippen molar-refractivity contribution in [1.29, 1.82) is 0 Å². The summed E-state index contributed by atoms with van der Waals surface area (Å²) in [4.78, 5) is 50.1. The smallest absolute Gasteiger partial charge is 0.321 e. The van der Waals surface area contributed by atoms with Crippen LogP contribution in [0.25, 0.3) is 27.8 Å². The van der Waals surface area contributed by atoms with Crippen molar-refractivity contribution in [3.8, 4) is 22.6 Å². The Hall–Kier alpha value is -5.68. The Balaban J connectivity index is 1.06. The van der Waals surface area contributed by atoms with Crippen molar-refractivity contribution in [3.05, 3.63) is 111 Å². The number of aliphatic imine (C=N–C) groups is 1. The highest BCUT2D eigenvalue weighted by Crippen LogP contribution is 2.32. The summed E-state index contributed by atoms with van der Waals surface area (Å²) in [6.07, 6.45) is 2.42. The molecule has 1 saturated carbocycles. The lowest BCUT2D eigenvalue weighted by Gasteiger charge is -2.41. The molecule has 15 heteroatoms. The van der Waals surface area contributed by atoms with Crippen LogP contribution in [0.3, 0.4) is 0 Å². The fraction of sp³-hybridized carbons (Fsp3) is 0.378. The van der Waals surface area contributed by atoms with Crippen LogP contribution in [0.5, 0.6) is 11.5 Å². The fourth-order valence-corrected chi connectivity index (χ4v) is 8.35. The average molecular weight is 823 g/mol. The third-order valence-electron chi connectivity index (χ3n) is 11.4. The van der Waals surface area contributed by atoms with Gasteiger partial charge in [0.05, 0.1) is 10.9 Å². The number of hydroxylamine groups is 2. The van der Waals surface area contributed by atoms with Crippen LogP contribution in [0.2, 0.25) is 0 Å². The number of aliphatic hydroxyl groups is 2. The highest BCUT2D eigenvalue weighted by molar-refractivity contribution is 5.94. The molecule has 1 aliphatic carbocycles. The monoisotopic (exact) mass is 822 g/mol. The standard InChI is InChI=1S/C45H47N3O12/c1-24-16-25(2)18-28(17-24)38-37-27(14-15-46-37)21-48(38)60-42-41(52)40(51)36(23-57-44(55)33(43(53)54)20-47-29-6-4-3-5-7-29)59-45(42)58-31-12-13-32-35(19-31)56-22-34(39(32)50)26-8-10-30(49)11-9-26/h8-19,22,29,33,36,40-42,45,47,49,51-52H,3-7,20-21,23H2,1-2H3,(H,53,54)/p+1. The van der Waals surface area contributed by atoms with Gasteiger partial charge in [-0.15, -0.1) is 0 Å². The quantitative estimate of drug-likeness (QED) is 0.0846. The molecular formula is C45H48N3O12+. The van der Waals surface area contributed by atoms with Crippen LogP contribution < -0.4 is 20.5 Å². The second kappa shape index (κ2) is 17.5. The number of carboxylic acid groups (broad SMARTS) is 1. The number of quaternary nitrogens is 1. The minimum absolute atomic E-state index is 0.0560. The van der Waals surface area contributed by atoms with Crippen LogP contribution in [-0.4, -0.2) is 95.0 Å². The lowest BCUT2D eigenvalue weighted by atomic mass is 9.95. The minimum Gasteiger partial charge on any atom is -0.508 e. The van der Waals surface area contributed by atoms with E-state index >= 15 is 0 Å². The Kier molecular flexibility index (Phi) is 12.0. The number of carbonyl (C=O) groups excluding carboxylic acids is 1. The van der Waals surface area contributed by atoms with E-state index in [0.717, 1.165) is 65.8 Å². The number of carboxylic acids is 1. The number of fused-ring (bicyclic) bond motifs is 2. The lowest BCUT2D eigenvalue weighted by molar-refractivity contribution is -1.04. The number of allylic oxidation sites excluding steroid dienone is 1. The summed E-state index contributed by atoms with van der Waals surface area (Å²) >= 11 is 0. The number of phenols is 1. The van der Waals surface area contributed by atoms with Crippen molar-refractivity contribution in [2.45, 2.75) is 82.7 Å². The Labute approximate surface area is 345 Å². The molecule has 7 atom stereocenters. The van der Waals surface area contributed by atoms with Crippen molar-refractivity contribution < 1.29 is 58.5 Å². The molecular weight excluding hydrogens is 775 g/mol. The minimum atomic E-state index is -1.66. The molecule has 314 valence electrons. The van der Waals surface area contributed by atoms with Gasteiger partial charge >= 0.3 is 11.9 Å².